The van der Waals surface area contributed by atoms with Gasteiger partial charge in [-0.25, -0.2) is 0 Å². The van der Waals surface area contributed by atoms with Gasteiger partial charge in [0.25, 0.3) is 0 Å². The number of methoxy groups -OCH3 is 1. The average molecular weight is 487 g/mol. The van der Waals surface area contributed by atoms with Gasteiger partial charge in [-0.3, -0.25) is 9.69 Å². The molecule has 0 fully saturated rings. The maximum absolute atomic E-state index is 12.8. The number of aromatic nitrogens is 3. The van der Waals surface area contributed by atoms with Gasteiger partial charge in [0.15, 0.2) is 5.69 Å². The van der Waals surface area contributed by atoms with Gasteiger partial charge in [0.1, 0.15) is 5.75 Å². The number of fused-ring (bicyclic) bond motifs is 3. The van der Waals surface area contributed by atoms with Crippen molar-refractivity contribution in [3.8, 4) is 22.9 Å². The number of hydrogen-bond acceptors (Lipinski definition) is 7. The number of nitrogens with zero attached hydrogens (tertiary/aromatic N) is 4. The van der Waals surface area contributed by atoms with Gasteiger partial charge < -0.3 is 9.47 Å². The largest absolute Gasteiger partial charge is 0.496 e. The molecule has 1 aliphatic heterocycles. The lowest BCUT2D eigenvalue weighted by Crippen LogP contribution is -2.36. The topological polar surface area (TPSA) is 77.4 Å². The molecule has 3 aromatic rings. The number of halogens is 1. The molecule has 1 aromatic heterocycles. The summed E-state index contributed by atoms with van der Waals surface area (Å²) in [5.41, 5.74) is 2.70. The molecule has 0 radical (unpaired) electrons. The SMILES string of the molecule is CCSc1nnc2c(n1)O[C@H](c1ccc(OC)c(Br)c1)N(C(C)=O)c1ccccc1-2. The van der Waals surface area contributed by atoms with E-state index >= 15 is 0 Å². The Kier molecular flexibility index (Phi) is 5.92. The van der Waals surface area contributed by atoms with E-state index in [0.29, 0.717) is 28.2 Å². The Labute approximate surface area is 186 Å². The Bertz CT molecular complexity index is 1110. The molecule has 0 saturated carbocycles. The van der Waals surface area contributed by atoms with Gasteiger partial charge in [0.2, 0.25) is 23.2 Å². The van der Waals surface area contributed by atoms with Crippen LogP contribution in [-0.4, -0.2) is 34.0 Å². The van der Waals surface area contributed by atoms with Crippen LogP contribution in [0.3, 0.4) is 0 Å². The van der Waals surface area contributed by atoms with Crippen molar-refractivity contribution in [3.05, 3.63) is 52.5 Å². The Hall–Kier alpha value is -2.65. The smallest absolute Gasteiger partial charge is 0.247 e. The first-order chi connectivity index (χ1) is 14.5. The summed E-state index contributed by atoms with van der Waals surface area (Å²) in [6.45, 7) is 3.53. The van der Waals surface area contributed by atoms with E-state index in [1.165, 1.54) is 18.7 Å². The van der Waals surface area contributed by atoms with E-state index in [0.717, 1.165) is 21.4 Å². The molecule has 0 N–H and O–H groups in total. The van der Waals surface area contributed by atoms with Crippen LogP contribution in [0.4, 0.5) is 5.69 Å². The first-order valence-corrected chi connectivity index (χ1v) is 11.1. The molecule has 2 heterocycles. The monoisotopic (exact) mass is 486 g/mol. The number of para-hydroxylation sites is 1. The second kappa shape index (κ2) is 8.61. The second-order valence-electron chi connectivity index (χ2n) is 6.45. The summed E-state index contributed by atoms with van der Waals surface area (Å²) >= 11 is 5.00. The molecule has 154 valence electrons. The third-order valence-electron chi connectivity index (χ3n) is 4.59. The summed E-state index contributed by atoms with van der Waals surface area (Å²) in [5.74, 6) is 1.68. The number of carbonyl (C=O) groups is 1. The van der Waals surface area contributed by atoms with E-state index in [1.54, 1.807) is 12.0 Å². The predicted octanol–water partition coefficient (Wildman–Crippen LogP) is 4.87. The Morgan fingerprint density at radius 3 is 2.77 bits per heavy atom. The van der Waals surface area contributed by atoms with E-state index < -0.39 is 6.23 Å². The van der Waals surface area contributed by atoms with Crippen molar-refractivity contribution < 1.29 is 14.3 Å². The van der Waals surface area contributed by atoms with Crippen molar-refractivity contribution >= 4 is 39.3 Å². The molecule has 0 spiro atoms. The maximum Gasteiger partial charge on any atom is 0.247 e. The molecular formula is C21H19BrN4O3S. The summed E-state index contributed by atoms with van der Waals surface area (Å²) in [7, 11) is 1.60. The van der Waals surface area contributed by atoms with Crippen molar-refractivity contribution in [1.29, 1.82) is 0 Å². The predicted molar refractivity (Wildman–Crippen MR) is 119 cm³/mol. The molecule has 2 aromatic carbocycles. The molecule has 1 amide bonds. The number of benzene rings is 2. The fraction of sp³-hybridized carbons (Fsp3) is 0.238. The minimum atomic E-state index is -0.733. The fourth-order valence-corrected chi connectivity index (χ4v) is 4.36. The fourth-order valence-electron chi connectivity index (χ4n) is 3.30. The maximum atomic E-state index is 12.8. The van der Waals surface area contributed by atoms with Crippen LogP contribution >= 0.6 is 27.7 Å². The summed E-state index contributed by atoms with van der Waals surface area (Å²) in [4.78, 5) is 19.0. The van der Waals surface area contributed by atoms with Crippen LogP contribution in [0.15, 0.2) is 52.1 Å². The van der Waals surface area contributed by atoms with Gasteiger partial charge in [0, 0.05) is 18.1 Å². The van der Waals surface area contributed by atoms with E-state index in [2.05, 4.69) is 31.1 Å². The number of rotatable bonds is 4. The Balaban J connectivity index is 1.93. The quantitative estimate of drug-likeness (QED) is 0.486. The van der Waals surface area contributed by atoms with Gasteiger partial charge >= 0.3 is 0 Å². The van der Waals surface area contributed by atoms with E-state index in [-0.39, 0.29) is 5.91 Å². The summed E-state index contributed by atoms with van der Waals surface area (Å²) in [6.07, 6.45) is -0.733. The molecule has 1 atom stereocenters. The molecule has 0 saturated heterocycles. The molecule has 0 bridgehead atoms. The highest BCUT2D eigenvalue weighted by Crippen LogP contribution is 2.44. The number of thioether (sulfide) groups is 1. The zero-order valence-electron chi connectivity index (χ0n) is 16.6. The number of amides is 1. The van der Waals surface area contributed by atoms with Gasteiger partial charge in [0.05, 0.1) is 17.3 Å². The van der Waals surface area contributed by atoms with E-state index in [9.17, 15) is 4.79 Å². The highest BCUT2D eigenvalue weighted by molar-refractivity contribution is 9.10. The second-order valence-corrected chi connectivity index (χ2v) is 8.54. The molecule has 9 heteroatoms. The molecule has 30 heavy (non-hydrogen) atoms. The molecular weight excluding hydrogens is 468 g/mol. The van der Waals surface area contributed by atoms with Crippen LogP contribution in [-0.2, 0) is 4.79 Å². The first-order valence-electron chi connectivity index (χ1n) is 9.30. The van der Waals surface area contributed by atoms with Crippen LogP contribution in [0.25, 0.3) is 11.3 Å². The zero-order valence-corrected chi connectivity index (χ0v) is 19.0. The third kappa shape index (κ3) is 3.75. The molecule has 4 rings (SSSR count). The van der Waals surface area contributed by atoms with Gasteiger partial charge in [-0.2, -0.15) is 4.98 Å². The first kappa shape index (κ1) is 20.6. The molecule has 1 aliphatic rings. The normalized spacial score (nSPS) is 14.9. The third-order valence-corrected chi connectivity index (χ3v) is 5.92. The minimum absolute atomic E-state index is 0.164. The summed E-state index contributed by atoms with van der Waals surface area (Å²) in [5, 5.41) is 9.13. The van der Waals surface area contributed by atoms with Gasteiger partial charge in [-0.1, -0.05) is 36.9 Å². The number of ether oxygens (including phenoxy) is 2. The molecule has 0 aliphatic carbocycles. The van der Waals surface area contributed by atoms with Crippen LogP contribution < -0.4 is 14.4 Å². The molecule has 7 nitrogen and oxygen atoms in total. The van der Waals surface area contributed by atoms with Crippen molar-refractivity contribution in [2.24, 2.45) is 0 Å². The van der Waals surface area contributed by atoms with Crippen molar-refractivity contribution in [1.82, 2.24) is 15.2 Å². The Morgan fingerprint density at radius 1 is 1.27 bits per heavy atom. The van der Waals surface area contributed by atoms with Crippen molar-refractivity contribution in [3.63, 3.8) is 0 Å². The lowest BCUT2D eigenvalue weighted by molar-refractivity contribution is -0.118. The van der Waals surface area contributed by atoms with E-state index in [1.807, 2.05) is 49.4 Å². The zero-order chi connectivity index (χ0) is 21.3. The van der Waals surface area contributed by atoms with Gasteiger partial charge in [-0.05, 0) is 45.9 Å². The molecule has 0 unspecified atom stereocenters. The summed E-state index contributed by atoms with van der Waals surface area (Å²) in [6, 6.07) is 13.1. The van der Waals surface area contributed by atoms with Crippen LogP contribution in [0.5, 0.6) is 11.6 Å². The van der Waals surface area contributed by atoms with E-state index in [4.69, 9.17) is 9.47 Å². The van der Waals surface area contributed by atoms with Crippen molar-refractivity contribution in [2.75, 3.05) is 17.8 Å². The van der Waals surface area contributed by atoms with Gasteiger partial charge in [-0.15, -0.1) is 10.2 Å². The standard InChI is InChI=1S/C21H19BrN4O3S/c1-4-30-21-23-19-18(24-25-21)14-7-5-6-8-16(14)26(12(2)27)20(29-19)13-9-10-17(28-3)15(22)11-13/h5-11,20H,4H2,1-3H3/t20-/m1/s1. The summed E-state index contributed by atoms with van der Waals surface area (Å²) < 4.78 is 12.4. The number of hydrogen-bond donors (Lipinski definition) is 0. The average Bonchev–Trinajstić information content (AvgIpc) is 2.88. The lowest BCUT2D eigenvalue weighted by atomic mass is 10.1. The Morgan fingerprint density at radius 2 is 2.07 bits per heavy atom. The highest BCUT2D eigenvalue weighted by Gasteiger charge is 2.34. The minimum Gasteiger partial charge on any atom is -0.496 e. The lowest BCUT2D eigenvalue weighted by Gasteiger charge is -2.30. The van der Waals surface area contributed by atoms with Crippen LogP contribution in [0, 0.1) is 0 Å². The van der Waals surface area contributed by atoms with Crippen molar-refractivity contribution in [2.45, 2.75) is 25.2 Å². The number of anilines is 1. The number of carbonyl (C=O) groups excluding carboxylic acids is 1. The van der Waals surface area contributed by atoms with Crippen LogP contribution in [0.2, 0.25) is 0 Å². The van der Waals surface area contributed by atoms with Crippen LogP contribution in [0.1, 0.15) is 25.6 Å². The highest BCUT2D eigenvalue weighted by atomic mass is 79.9.